The fourth-order valence-electron chi connectivity index (χ4n) is 2.07. The first-order chi connectivity index (χ1) is 11.2. The van der Waals surface area contributed by atoms with Gasteiger partial charge in [0.2, 0.25) is 5.91 Å². The van der Waals surface area contributed by atoms with Crippen LogP contribution in [0.5, 0.6) is 0 Å². The lowest BCUT2D eigenvalue weighted by molar-refractivity contribution is -0.137. The highest BCUT2D eigenvalue weighted by atomic mass is 19.4. The van der Waals surface area contributed by atoms with Gasteiger partial charge in [-0.15, -0.1) is 0 Å². The molecule has 0 unspecified atom stereocenters. The van der Waals surface area contributed by atoms with Crippen molar-refractivity contribution in [2.24, 2.45) is 0 Å². The monoisotopic (exact) mass is 336 g/mol. The van der Waals surface area contributed by atoms with Gasteiger partial charge >= 0.3 is 6.18 Å². The van der Waals surface area contributed by atoms with Crippen LogP contribution in [-0.2, 0) is 11.0 Å². The van der Waals surface area contributed by atoms with Gasteiger partial charge in [-0.1, -0.05) is 12.1 Å². The molecule has 2 rings (SSSR count). The van der Waals surface area contributed by atoms with Crippen molar-refractivity contribution < 1.29 is 22.8 Å². The average molecular weight is 336 g/mol. The highest BCUT2D eigenvalue weighted by molar-refractivity contribution is 6.05. The summed E-state index contributed by atoms with van der Waals surface area (Å²) in [6.07, 6.45) is -4.52. The Bertz CT molecular complexity index is 786. The molecule has 2 N–H and O–H groups in total. The van der Waals surface area contributed by atoms with Crippen LogP contribution in [0.2, 0.25) is 0 Å². The largest absolute Gasteiger partial charge is 0.416 e. The van der Waals surface area contributed by atoms with Crippen LogP contribution in [0.4, 0.5) is 24.5 Å². The van der Waals surface area contributed by atoms with E-state index in [1.54, 1.807) is 25.1 Å². The molecule has 0 aromatic heterocycles. The maximum Gasteiger partial charge on any atom is 0.416 e. The number of anilines is 2. The van der Waals surface area contributed by atoms with Crippen molar-refractivity contribution in [1.82, 2.24) is 0 Å². The van der Waals surface area contributed by atoms with Gasteiger partial charge in [0, 0.05) is 23.9 Å². The van der Waals surface area contributed by atoms with E-state index in [0.29, 0.717) is 16.9 Å². The molecule has 0 heterocycles. The number of aryl methyl sites for hydroxylation is 1. The maximum absolute atomic E-state index is 12.7. The lowest BCUT2D eigenvalue weighted by Gasteiger charge is -2.12. The van der Waals surface area contributed by atoms with Gasteiger partial charge < -0.3 is 10.6 Å². The quantitative estimate of drug-likeness (QED) is 0.881. The second kappa shape index (κ2) is 6.74. The highest BCUT2D eigenvalue weighted by Crippen LogP contribution is 2.30. The van der Waals surface area contributed by atoms with Crippen LogP contribution in [0.3, 0.4) is 0 Å². The van der Waals surface area contributed by atoms with Gasteiger partial charge in [0.05, 0.1) is 5.56 Å². The van der Waals surface area contributed by atoms with Crippen LogP contribution >= 0.6 is 0 Å². The molecule has 0 bridgehead atoms. The predicted octanol–water partition coefficient (Wildman–Crippen LogP) is 4.22. The molecule has 0 aliphatic rings. The summed E-state index contributed by atoms with van der Waals surface area (Å²) >= 11 is 0. The van der Waals surface area contributed by atoms with Crippen molar-refractivity contribution in [1.29, 1.82) is 0 Å². The minimum atomic E-state index is -4.52. The molecule has 0 saturated carbocycles. The molecule has 0 aliphatic heterocycles. The van der Waals surface area contributed by atoms with Crippen molar-refractivity contribution in [3.8, 4) is 0 Å². The highest BCUT2D eigenvalue weighted by Gasteiger charge is 2.30. The first-order valence-electron chi connectivity index (χ1n) is 7.03. The summed E-state index contributed by atoms with van der Waals surface area (Å²) in [7, 11) is 0. The second-order valence-electron chi connectivity index (χ2n) is 5.24. The van der Waals surface area contributed by atoms with Gasteiger partial charge in [-0.25, -0.2) is 0 Å². The van der Waals surface area contributed by atoms with Gasteiger partial charge in [-0.2, -0.15) is 13.2 Å². The minimum absolute atomic E-state index is 0.103. The number of halogens is 3. The Morgan fingerprint density at radius 3 is 2.33 bits per heavy atom. The molecule has 2 aromatic rings. The number of alkyl halides is 3. The fraction of sp³-hybridized carbons (Fsp3) is 0.176. The Hall–Kier alpha value is -2.83. The number of nitrogens with one attached hydrogen (secondary N) is 2. The number of benzene rings is 2. The van der Waals surface area contributed by atoms with Crippen LogP contribution in [0.1, 0.15) is 28.4 Å². The first kappa shape index (κ1) is 17.5. The molecule has 24 heavy (non-hydrogen) atoms. The molecule has 0 atom stereocenters. The van der Waals surface area contributed by atoms with Crippen LogP contribution in [0.15, 0.2) is 42.5 Å². The number of hydrogen-bond donors (Lipinski definition) is 2. The zero-order valence-corrected chi connectivity index (χ0v) is 13.0. The van der Waals surface area contributed by atoms with E-state index in [0.717, 1.165) is 12.1 Å². The van der Waals surface area contributed by atoms with Crippen molar-refractivity contribution in [2.45, 2.75) is 20.0 Å². The lowest BCUT2D eigenvalue weighted by Crippen LogP contribution is -2.15. The summed E-state index contributed by atoms with van der Waals surface area (Å²) in [6.45, 7) is 3.08. The summed E-state index contributed by atoms with van der Waals surface area (Å²) in [5.41, 5.74) is 0.605. The van der Waals surface area contributed by atoms with E-state index < -0.39 is 17.6 Å². The smallest absolute Gasteiger partial charge is 0.326 e. The normalized spacial score (nSPS) is 11.0. The van der Waals surface area contributed by atoms with Crippen molar-refractivity contribution in [2.75, 3.05) is 10.6 Å². The van der Waals surface area contributed by atoms with E-state index in [-0.39, 0.29) is 11.5 Å². The Morgan fingerprint density at radius 1 is 1.00 bits per heavy atom. The molecule has 7 heteroatoms. The molecule has 2 aromatic carbocycles. The zero-order chi connectivity index (χ0) is 17.9. The van der Waals surface area contributed by atoms with Crippen LogP contribution in [0, 0.1) is 6.92 Å². The van der Waals surface area contributed by atoms with Crippen molar-refractivity contribution >= 4 is 23.2 Å². The average Bonchev–Trinajstić information content (AvgIpc) is 2.49. The number of carbonyl (C=O) groups is 2. The molecular formula is C17H15F3N2O2. The zero-order valence-electron chi connectivity index (χ0n) is 13.0. The molecule has 126 valence electrons. The van der Waals surface area contributed by atoms with Crippen molar-refractivity contribution in [3.05, 3.63) is 59.2 Å². The molecule has 0 aliphatic carbocycles. The van der Waals surface area contributed by atoms with E-state index in [1.807, 2.05) is 0 Å². The third-order valence-corrected chi connectivity index (χ3v) is 3.26. The van der Waals surface area contributed by atoms with E-state index in [9.17, 15) is 22.8 Å². The lowest BCUT2D eigenvalue weighted by atomic mass is 10.1. The number of hydrogen-bond acceptors (Lipinski definition) is 2. The standard InChI is InChI=1S/C17H15F3N2O2/c1-10-6-7-14(21-11(2)23)9-15(10)22-16(24)12-4-3-5-13(8-12)17(18,19)20/h3-9H,1-2H3,(H,21,23)(H,22,24). The molecule has 2 amide bonds. The molecular weight excluding hydrogens is 321 g/mol. The molecule has 0 radical (unpaired) electrons. The third kappa shape index (κ3) is 4.34. The van der Waals surface area contributed by atoms with Gasteiger partial charge in [-0.05, 0) is 42.8 Å². The molecule has 4 nitrogen and oxygen atoms in total. The summed E-state index contributed by atoms with van der Waals surface area (Å²) in [5, 5.41) is 5.14. The third-order valence-electron chi connectivity index (χ3n) is 3.26. The summed E-state index contributed by atoms with van der Waals surface area (Å²) in [4.78, 5) is 23.3. The van der Waals surface area contributed by atoms with Gasteiger partial charge in [0.1, 0.15) is 0 Å². The molecule has 0 saturated heterocycles. The van der Waals surface area contributed by atoms with E-state index in [1.165, 1.54) is 19.1 Å². The Balaban J connectivity index is 2.25. The van der Waals surface area contributed by atoms with Crippen LogP contribution < -0.4 is 10.6 Å². The minimum Gasteiger partial charge on any atom is -0.326 e. The summed E-state index contributed by atoms with van der Waals surface area (Å²) in [5.74, 6) is -0.932. The van der Waals surface area contributed by atoms with E-state index >= 15 is 0 Å². The van der Waals surface area contributed by atoms with Gasteiger partial charge in [-0.3, -0.25) is 9.59 Å². The van der Waals surface area contributed by atoms with Gasteiger partial charge in [0.25, 0.3) is 5.91 Å². The Labute approximate surface area is 136 Å². The number of amides is 2. The Kier molecular flexibility index (Phi) is 4.92. The van der Waals surface area contributed by atoms with Crippen LogP contribution in [0.25, 0.3) is 0 Å². The van der Waals surface area contributed by atoms with Crippen LogP contribution in [-0.4, -0.2) is 11.8 Å². The summed E-state index contributed by atoms with van der Waals surface area (Å²) in [6, 6.07) is 9.07. The Morgan fingerprint density at radius 2 is 1.71 bits per heavy atom. The molecule has 0 spiro atoms. The SMILES string of the molecule is CC(=O)Nc1ccc(C)c(NC(=O)c2cccc(C(F)(F)F)c2)c1. The molecule has 0 fully saturated rings. The predicted molar refractivity (Wildman–Crippen MR) is 84.9 cm³/mol. The fourth-order valence-corrected chi connectivity index (χ4v) is 2.07. The van der Waals surface area contributed by atoms with E-state index in [4.69, 9.17) is 0 Å². The first-order valence-corrected chi connectivity index (χ1v) is 7.03. The van der Waals surface area contributed by atoms with E-state index in [2.05, 4.69) is 10.6 Å². The van der Waals surface area contributed by atoms with Crippen molar-refractivity contribution in [3.63, 3.8) is 0 Å². The number of carbonyl (C=O) groups excluding carboxylic acids is 2. The van der Waals surface area contributed by atoms with Gasteiger partial charge in [0.15, 0.2) is 0 Å². The topological polar surface area (TPSA) is 58.2 Å². The maximum atomic E-state index is 12.7. The summed E-state index contributed by atoms with van der Waals surface area (Å²) < 4.78 is 38.2. The second-order valence-corrected chi connectivity index (χ2v) is 5.24. The number of rotatable bonds is 3.